The van der Waals surface area contributed by atoms with E-state index in [4.69, 9.17) is 9.15 Å². The Morgan fingerprint density at radius 3 is 2.79 bits per heavy atom. The maximum absolute atomic E-state index is 11.0. The molecule has 1 aromatic heterocycles. The van der Waals surface area contributed by atoms with Gasteiger partial charge >= 0.3 is 5.76 Å². The highest BCUT2D eigenvalue weighted by atomic mass is 16.5. The third-order valence-corrected chi connectivity index (χ3v) is 2.12. The molecule has 5 heteroatoms. The largest absolute Gasteiger partial charge is 0.440 e. The number of morpholine rings is 1. The normalized spacial score (nSPS) is 17.1. The van der Waals surface area contributed by atoms with Gasteiger partial charge in [0.2, 0.25) is 0 Å². The fourth-order valence-corrected chi connectivity index (χ4v) is 1.45. The summed E-state index contributed by atoms with van der Waals surface area (Å²) in [7, 11) is 0. The number of rotatable bonds is 1. The van der Waals surface area contributed by atoms with Crippen molar-refractivity contribution in [3.8, 4) is 0 Å². The van der Waals surface area contributed by atoms with Gasteiger partial charge in [-0.05, 0) is 6.92 Å². The van der Waals surface area contributed by atoms with Gasteiger partial charge in [-0.25, -0.2) is 4.79 Å². The lowest BCUT2D eigenvalue weighted by Crippen LogP contribution is -2.37. The number of ether oxygens (including phenoxy) is 1. The number of hydrogen-bond donors (Lipinski definition) is 0. The van der Waals surface area contributed by atoms with Crippen LogP contribution in [0.25, 0.3) is 0 Å². The highest BCUT2D eigenvalue weighted by molar-refractivity contribution is 5.38. The fraction of sp³-hybridized carbons (Fsp3) is 0.556. The average Bonchev–Trinajstić information content (AvgIpc) is 2.18. The molecular weight excluding hydrogens is 184 g/mol. The Morgan fingerprint density at radius 2 is 2.14 bits per heavy atom. The smallest absolute Gasteiger partial charge is 0.413 e. The van der Waals surface area contributed by atoms with Gasteiger partial charge in [-0.1, -0.05) is 0 Å². The van der Waals surface area contributed by atoms with E-state index < -0.39 is 5.76 Å². The second kappa shape index (κ2) is 3.79. The second-order valence-corrected chi connectivity index (χ2v) is 3.19. The topological polar surface area (TPSA) is 55.6 Å². The molecule has 0 spiro atoms. The van der Waals surface area contributed by atoms with Crippen molar-refractivity contribution in [1.82, 2.24) is 4.98 Å². The highest BCUT2D eigenvalue weighted by Gasteiger charge is 2.13. The molecule has 1 aliphatic rings. The van der Waals surface area contributed by atoms with Gasteiger partial charge in [-0.2, -0.15) is 4.98 Å². The number of aromatic nitrogens is 1. The molecule has 0 radical (unpaired) electrons. The lowest BCUT2D eigenvalue weighted by atomic mass is 10.4. The highest BCUT2D eigenvalue weighted by Crippen LogP contribution is 2.11. The van der Waals surface area contributed by atoms with Crippen LogP contribution in [0.15, 0.2) is 15.3 Å². The minimum Gasteiger partial charge on any atom is -0.413 e. The lowest BCUT2D eigenvalue weighted by molar-refractivity contribution is 0.122. The summed E-state index contributed by atoms with van der Waals surface area (Å²) in [6, 6.07) is 1.77. The molecule has 0 aliphatic carbocycles. The van der Waals surface area contributed by atoms with E-state index in [0.29, 0.717) is 24.8 Å². The van der Waals surface area contributed by atoms with E-state index in [-0.39, 0.29) is 0 Å². The summed E-state index contributed by atoms with van der Waals surface area (Å²) in [5.74, 6) is 0.736. The molecule has 0 N–H and O–H groups in total. The van der Waals surface area contributed by atoms with Gasteiger partial charge in [0.15, 0.2) is 0 Å². The molecular formula is C9H12N2O3. The number of aryl methyl sites for hydroxylation is 1. The summed E-state index contributed by atoms with van der Waals surface area (Å²) >= 11 is 0. The molecule has 1 saturated heterocycles. The Morgan fingerprint density at radius 1 is 1.43 bits per heavy atom. The van der Waals surface area contributed by atoms with Gasteiger partial charge in [-0.15, -0.1) is 0 Å². The Labute approximate surface area is 81.3 Å². The van der Waals surface area contributed by atoms with Crippen LogP contribution < -0.4 is 10.7 Å². The maximum Gasteiger partial charge on any atom is 0.440 e. The molecule has 0 amide bonds. The molecule has 0 saturated carbocycles. The van der Waals surface area contributed by atoms with Crippen LogP contribution in [0.2, 0.25) is 0 Å². The average molecular weight is 196 g/mol. The van der Waals surface area contributed by atoms with E-state index in [1.165, 1.54) is 0 Å². The number of anilines is 1. The van der Waals surface area contributed by atoms with E-state index >= 15 is 0 Å². The SMILES string of the molecule is Cc1cc(N2CCOCC2)nc(=O)o1. The standard InChI is InChI=1S/C9H12N2O3/c1-7-6-8(10-9(12)14-7)11-2-4-13-5-3-11/h6H,2-5H2,1H3. The maximum atomic E-state index is 11.0. The van der Waals surface area contributed by atoms with Crippen molar-refractivity contribution in [3.63, 3.8) is 0 Å². The van der Waals surface area contributed by atoms with Gasteiger partial charge in [0.1, 0.15) is 11.6 Å². The summed E-state index contributed by atoms with van der Waals surface area (Å²) in [5, 5.41) is 0. The summed E-state index contributed by atoms with van der Waals surface area (Å²) in [6.07, 6.45) is 0. The number of hydrogen-bond acceptors (Lipinski definition) is 5. The number of nitrogens with zero attached hydrogens (tertiary/aromatic N) is 2. The minimum absolute atomic E-state index is 0.536. The molecule has 0 bridgehead atoms. The predicted molar refractivity (Wildman–Crippen MR) is 50.5 cm³/mol. The summed E-state index contributed by atoms with van der Waals surface area (Å²) in [5.41, 5.74) is 0. The van der Waals surface area contributed by atoms with Crippen molar-refractivity contribution < 1.29 is 9.15 Å². The minimum atomic E-state index is -0.536. The van der Waals surface area contributed by atoms with Crippen molar-refractivity contribution in [1.29, 1.82) is 0 Å². The third-order valence-electron chi connectivity index (χ3n) is 2.12. The van der Waals surface area contributed by atoms with Crippen LogP contribution in [-0.4, -0.2) is 31.3 Å². The van der Waals surface area contributed by atoms with Crippen molar-refractivity contribution in [3.05, 3.63) is 22.4 Å². The molecule has 1 aliphatic heterocycles. The quantitative estimate of drug-likeness (QED) is 0.641. The van der Waals surface area contributed by atoms with Gasteiger partial charge in [0, 0.05) is 19.2 Å². The van der Waals surface area contributed by atoms with Crippen LogP contribution in [0.5, 0.6) is 0 Å². The third kappa shape index (κ3) is 1.93. The second-order valence-electron chi connectivity index (χ2n) is 3.19. The van der Waals surface area contributed by atoms with Crippen LogP contribution in [0.3, 0.4) is 0 Å². The zero-order valence-corrected chi connectivity index (χ0v) is 8.02. The van der Waals surface area contributed by atoms with Crippen LogP contribution in [0.4, 0.5) is 5.82 Å². The first-order valence-corrected chi connectivity index (χ1v) is 4.57. The molecule has 1 aromatic rings. The van der Waals surface area contributed by atoms with Crippen molar-refractivity contribution in [2.45, 2.75) is 6.92 Å². The molecule has 14 heavy (non-hydrogen) atoms. The molecule has 5 nitrogen and oxygen atoms in total. The van der Waals surface area contributed by atoms with Gasteiger partial charge in [-0.3, -0.25) is 0 Å². The Hall–Kier alpha value is -1.36. The van der Waals surface area contributed by atoms with Crippen LogP contribution in [0.1, 0.15) is 5.76 Å². The first-order valence-electron chi connectivity index (χ1n) is 4.57. The Balaban J connectivity index is 2.26. The van der Waals surface area contributed by atoms with E-state index in [9.17, 15) is 4.79 Å². The van der Waals surface area contributed by atoms with Crippen LogP contribution >= 0.6 is 0 Å². The van der Waals surface area contributed by atoms with Crippen LogP contribution in [-0.2, 0) is 4.74 Å². The molecule has 2 rings (SSSR count). The monoisotopic (exact) mass is 196 g/mol. The zero-order chi connectivity index (χ0) is 9.97. The molecule has 76 valence electrons. The lowest BCUT2D eigenvalue weighted by Gasteiger charge is -2.27. The first kappa shape index (κ1) is 9.21. The van der Waals surface area contributed by atoms with Crippen molar-refractivity contribution >= 4 is 5.82 Å². The Kier molecular flexibility index (Phi) is 2.49. The molecule has 2 heterocycles. The van der Waals surface area contributed by atoms with Gasteiger partial charge < -0.3 is 14.1 Å². The Bertz CT molecular complexity index is 369. The van der Waals surface area contributed by atoms with E-state index in [0.717, 1.165) is 13.1 Å². The molecule has 0 aromatic carbocycles. The van der Waals surface area contributed by atoms with E-state index in [2.05, 4.69) is 4.98 Å². The van der Waals surface area contributed by atoms with Crippen LogP contribution in [0, 0.1) is 6.92 Å². The van der Waals surface area contributed by atoms with E-state index in [1.807, 2.05) is 4.90 Å². The first-order chi connectivity index (χ1) is 6.75. The summed E-state index contributed by atoms with van der Waals surface area (Å²) < 4.78 is 9.99. The molecule has 0 atom stereocenters. The van der Waals surface area contributed by atoms with Crippen molar-refractivity contribution in [2.75, 3.05) is 31.2 Å². The molecule has 1 fully saturated rings. The summed E-state index contributed by atoms with van der Waals surface area (Å²) in [6.45, 7) is 4.65. The van der Waals surface area contributed by atoms with Crippen molar-refractivity contribution in [2.24, 2.45) is 0 Å². The zero-order valence-electron chi connectivity index (χ0n) is 8.02. The van der Waals surface area contributed by atoms with Gasteiger partial charge in [0.25, 0.3) is 0 Å². The predicted octanol–water partition coefficient (Wildman–Crippen LogP) is 0.180. The summed E-state index contributed by atoms with van der Waals surface area (Å²) in [4.78, 5) is 16.8. The fourth-order valence-electron chi connectivity index (χ4n) is 1.45. The molecule has 0 unspecified atom stereocenters. The van der Waals surface area contributed by atoms with E-state index in [1.54, 1.807) is 13.0 Å². The van der Waals surface area contributed by atoms with Gasteiger partial charge in [0.05, 0.1) is 13.2 Å².